The Kier molecular flexibility index (Phi) is 4.29. The number of methoxy groups -OCH3 is 1. The van der Waals surface area contributed by atoms with Crippen molar-refractivity contribution >= 4 is 15.7 Å². The molecule has 0 heterocycles. The van der Waals surface area contributed by atoms with Crippen LogP contribution in [0.5, 0.6) is 5.75 Å². The smallest absolute Gasteiger partial charge is 0.236 e. The van der Waals surface area contributed by atoms with E-state index in [0.29, 0.717) is 5.69 Å². The van der Waals surface area contributed by atoms with Gasteiger partial charge in [0.1, 0.15) is 5.75 Å². The van der Waals surface area contributed by atoms with Crippen molar-refractivity contribution in [3.8, 4) is 5.75 Å². The van der Waals surface area contributed by atoms with Crippen LogP contribution >= 0.6 is 0 Å². The molecule has 0 radical (unpaired) electrons. The molecular formula is C15H17NO3S. The summed E-state index contributed by atoms with van der Waals surface area (Å²) in [6.07, 6.45) is 0. The van der Waals surface area contributed by atoms with E-state index in [4.69, 9.17) is 4.74 Å². The first-order chi connectivity index (χ1) is 9.50. The van der Waals surface area contributed by atoms with Gasteiger partial charge in [0.15, 0.2) is 0 Å². The number of anilines is 1. The van der Waals surface area contributed by atoms with Crippen LogP contribution in [0, 0.1) is 6.92 Å². The highest BCUT2D eigenvalue weighted by Crippen LogP contribution is 2.22. The lowest BCUT2D eigenvalue weighted by molar-refractivity contribution is 0.412. The molecule has 0 saturated heterocycles. The fourth-order valence-corrected chi connectivity index (χ4v) is 3.14. The van der Waals surface area contributed by atoms with E-state index in [1.165, 1.54) is 0 Å². The fourth-order valence-electron chi connectivity index (χ4n) is 1.95. The van der Waals surface area contributed by atoms with Crippen molar-refractivity contribution < 1.29 is 13.2 Å². The maximum atomic E-state index is 12.1. The van der Waals surface area contributed by atoms with Crippen LogP contribution in [0.1, 0.15) is 11.1 Å². The Balaban J connectivity index is 2.14. The van der Waals surface area contributed by atoms with Crippen LogP contribution in [-0.2, 0) is 15.8 Å². The summed E-state index contributed by atoms with van der Waals surface area (Å²) in [5, 5.41) is 0. The van der Waals surface area contributed by atoms with Crippen molar-refractivity contribution in [2.75, 3.05) is 11.8 Å². The predicted molar refractivity (Wildman–Crippen MR) is 80.4 cm³/mol. The van der Waals surface area contributed by atoms with Crippen LogP contribution in [0.25, 0.3) is 0 Å². The summed E-state index contributed by atoms with van der Waals surface area (Å²) in [4.78, 5) is 0. The number of nitrogens with one attached hydrogen (secondary N) is 1. The number of ether oxygens (including phenoxy) is 1. The topological polar surface area (TPSA) is 55.4 Å². The van der Waals surface area contributed by atoms with E-state index in [0.717, 1.165) is 16.9 Å². The molecule has 1 N–H and O–H groups in total. The number of aryl methyl sites for hydroxylation is 1. The minimum Gasteiger partial charge on any atom is -0.496 e. The van der Waals surface area contributed by atoms with Crippen LogP contribution in [0.3, 0.4) is 0 Å². The number of rotatable bonds is 5. The Labute approximate surface area is 119 Å². The third kappa shape index (κ3) is 3.74. The average Bonchev–Trinajstić information content (AvgIpc) is 2.39. The van der Waals surface area contributed by atoms with Gasteiger partial charge in [-0.2, -0.15) is 0 Å². The second-order valence-corrected chi connectivity index (χ2v) is 6.25. The van der Waals surface area contributed by atoms with Gasteiger partial charge in [0.25, 0.3) is 0 Å². The lowest BCUT2D eigenvalue weighted by Gasteiger charge is -2.10. The summed E-state index contributed by atoms with van der Waals surface area (Å²) in [6.45, 7) is 1.87. The van der Waals surface area contributed by atoms with E-state index in [1.54, 1.807) is 37.4 Å². The van der Waals surface area contributed by atoms with Gasteiger partial charge in [0.05, 0.1) is 12.9 Å². The van der Waals surface area contributed by atoms with Gasteiger partial charge in [-0.05, 0) is 36.2 Å². The van der Waals surface area contributed by atoms with Crippen LogP contribution in [0.4, 0.5) is 5.69 Å². The molecule has 0 bridgehead atoms. The van der Waals surface area contributed by atoms with Gasteiger partial charge in [-0.15, -0.1) is 0 Å². The molecule has 4 nitrogen and oxygen atoms in total. The molecule has 0 unspecified atom stereocenters. The molecule has 0 atom stereocenters. The molecule has 5 heteroatoms. The van der Waals surface area contributed by atoms with E-state index in [9.17, 15) is 8.42 Å². The Bertz CT molecular complexity index is 682. The molecule has 2 rings (SSSR count). The molecule has 0 aliphatic carbocycles. The fraction of sp³-hybridized carbons (Fsp3) is 0.200. The first-order valence-corrected chi connectivity index (χ1v) is 7.84. The van der Waals surface area contributed by atoms with E-state index >= 15 is 0 Å². The van der Waals surface area contributed by atoms with Crippen molar-refractivity contribution in [3.05, 3.63) is 59.7 Å². The van der Waals surface area contributed by atoms with Crippen molar-refractivity contribution in [1.82, 2.24) is 0 Å². The van der Waals surface area contributed by atoms with Gasteiger partial charge in [-0.1, -0.05) is 30.3 Å². The van der Waals surface area contributed by atoms with Crippen LogP contribution in [0.15, 0.2) is 48.5 Å². The molecular weight excluding hydrogens is 274 g/mol. The highest BCUT2D eigenvalue weighted by atomic mass is 32.2. The van der Waals surface area contributed by atoms with Crippen molar-refractivity contribution in [2.24, 2.45) is 0 Å². The van der Waals surface area contributed by atoms with Gasteiger partial charge < -0.3 is 4.74 Å². The molecule has 2 aromatic carbocycles. The molecule has 0 amide bonds. The second kappa shape index (κ2) is 5.96. The Hall–Kier alpha value is -2.01. The highest BCUT2D eigenvalue weighted by molar-refractivity contribution is 7.91. The van der Waals surface area contributed by atoms with Crippen LogP contribution in [0.2, 0.25) is 0 Å². The van der Waals surface area contributed by atoms with Crippen LogP contribution in [-0.4, -0.2) is 15.5 Å². The zero-order valence-electron chi connectivity index (χ0n) is 11.5. The molecule has 106 valence electrons. The third-order valence-corrected chi connectivity index (χ3v) is 4.13. The molecule has 0 aliphatic rings. The van der Waals surface area contributed by atoms with E-state index in [1.807, 2.05) is 25.1 Å². The number of hydrogen-bond donors (Lipinski definition) is 1. The first-order valence-electron chi connectivity index (χ1n) is 6.19. The average molecular weight is 291 g/mol. The standard InChI is InChI=1S/C15H17NO3S/c1-12-10-14(8-9-15(12)19-2)16-20(17,18)11-13-6-4-3-5-7-13/h3-10,16H,11H2,1-2H3. The predicted octanol–water partition coefficient (Wildman–Crippen LogP) is 2.95. The number of hydrogen-bond acceptors (Lipinski definition) is 3. The summed E-state index contributed by atoms with van der Waals surface area (Å²) >= 11 is 0. The molecule has 20 heavy (non-hydrogen) atoms. The Morgan fingerprint density at radius 1 is 1.10 bits per heavy atom. The van der Waals surface area contributed by atoms with E-state index in [2.05, 4.69) is 4.72 Å². The van der Waals surface area contributed by atoms with Gasteiger partial charge in [0.2, 0.25) is 10.0 Å². The number of benzene rings is 2. The van der Waals surface area contributed by atoms with Crippen molar-refractivity contribution in [1.29, 1.82) is 0 Å². The summed E-state index contributed by atoms with van der Waals surface area (Å²) < 4.78 is 31.9. The Morgan fingerprint density at radius 2 is 1.80 bits per heavy atom. The van der Waals surface area contributed by atoms with E-state index < -0.39 is 10.0 Å². The Morgan fingerprint density at radius 3 is 2.40 bits per heavy atom. The van der Waals surface area contributed by atoms with Gasteiger partial charge in [-0.3, -0.25) is 4.72 Å². The highest BCUT2D eigenvalue weighted by Gasteiger charge is 2.12. The molecule has 0 fully saturated rings. The van der Waals surface area contributed by atoms with Crippen molar-refractivity contribution in [2.45, 2.75) is 12.7 Å². The quantitative estimate of drug-likeness (QED) is 0.921. The summed E-state index contributed by atoms with van der Waals surface area (Å²) in [7, 11) is -1.83. The minimum atomic E-state index is -3.41. The van der Waals surface area contributed by atoms with Crippen molar-refractivity contribution in [3.63, 3.8) is 0 Å². The number of sulfonamides is 1. The maximum absolute atomic E-state index is 12.1. The first kappa shape index (κ1) is 14.4. The molecule has 2 aromatic rings. The zero-order valence-corrected chi connectivity index (χ0v) is 12.3. The lowest BCUT2D eigenvalue weighted by atomic mass is 10.2. The van der Waals surface area contributed by atoms with Gasteiger partial charge in [-0.25, -0.2) is 8.42 Å². The molecule has 0 spiro atoms. The third-order valence-electron chi connectivity index (χ3n) is 2.87. The van der Waals surface area contributed by atoms with Gasteiger partial charge in [0, 0.05) is 5.69 Å². The monoisotopic (exact) mass is 291 g/mol. The molecule has 0 aromatic heterocycles. The largest absolute Gasteiger partial charge is 0.496 e. The van der Waals surface area contributed by atoms with Crippen LogP contribution < -0.4 is 9.46 Å². The van der Waals surface area contributed by atoms with E-state index in [-0.39, 0.29) is 5.75 Å². The summed E-state index contributed by atoms with van der Waals surface area (Å²) in [6, 6.07) is 14.3. The SMILES string of the molecule is COc1ccc(NS(=O)(=O)Cc2ccccc2)cc1C. The lowest BCUT2D eigenvalue weighted by Crippen LogP contribution is -2.15. The summed E-state index contributed by atoms with van der Waals surface area (Å²) in [5.41, 5.74) is 2.18. The van der Waals surface area contributed by atoms with Gasteiger partial charge >= 0.3 is 0 Å². The molecule has 0 aliphatic heterocycles. The maximum Gasteiger partial charge on any atom is 0.236 e. The minimum absolute atomic E-state index is 0.0427. The second-order valence-electron chi connectivity index (χ2n) is 4.53. The summed E-state index contributed by atoms with van der Waals surface area (Å²) in [5.74, 6) is 0.690. The zero-order chi connectivity index (χ0) is 14.6. The normalized spacial score (nSPS) is 11.1. The molecule has 0 saturated carbocycles.